The molecule has 0 bridgehead atoms. The highest BCUT2D eigenvalue weighted by atomic mass is 16.5. The van der Waals surface area contributed by atoms with Crippen molar-refractivity contribution in [2.45, 2.75) is 13.0 Å². The second kappa shape index (κ2) is 7.24. The average molecular weight is 226 g/mol. The van der Waals surface area contributed by atoms with E-state index in [0.717, 1.165) is 38.6 Å². The van der Waals surface area contributed by atoms with Crippen molar-refractivity contribution >= 4 is 5.95 Å². The number of hydrogen-bond acceptors (Lipinski definition) is 4. The van der Waals surface area contributed by atoms with Gasteiger partial charge >= 0.3 is 0 Å². The van der Waals surface area contributed by atoms with E-state index in [9.17, 15) is 0 Å². The number of ether oxygens (including phenoxy) is 1. The number of likely N-dealkylation sites (N-methyl/N-ethyl adjacent to an activating group) is 2. The van der Waals surface area contributed by atoms with Crippen LogP contribution in [0.25, 0.3) is 0 Å². The zero-order valence-electron chi connectivity index (χ0n) is 10.4. The molecule has 16 heavy (non-hydrogen) atoms. The van der Waals surface area contributed by atoms with Gasteiger partial charge in [0.05, 0.1) is 0 Å². The number of nitrogens with one attached hydrogen (secondary N) is 1. The fourth-order valence-corrected chi connectivity index (χ4v) is 1.57. The maximum absolute atomic E-state index is 5.05. The molecule has 5 nitrogen and oxygen atoms in total. The number of methoxy groups -OCH3 is 1. The Labute approximate surface area is 97.4 Å². The smallest absolute Gasteiger partial charge is 0.205 e. The first-order chi connectivity index (χ1) is 7.79. The van der Waals surface area contributed by atoms with Crippen LogP contribution in [-0.2, 0) is 11.3 Å². The van der Waals surface area contributed by atoms with Gasteiger partial charge in [-0.05, 0) is 13.5 Å². The van der Waals surface area contributed by atoms with Crippen molar-refractivity contribution in [2.75, 3.05) is 45.8 Å². The summed E-state index contributed by atoms with van der Waals surface area (Å²) < 4.78 is 7.21. The van der Waals surface area contributed by atoms with E-state index in [1.165, 1.54) is 0 Å². The average Bonchev–Trinajstić information content (AvgIpc) is 2.74. The second-order valence-electron chi connectivity index (χ2n) is 3.79. The number of anilines is 1. The predicted octanol–water partition coefficient (Wildman–Crippen LogP) is 0.575. The summed E-state index contributed by atoms with van der Waals surface area (Å²) in [4.78, 5) is 6.52. The molecular formula is C11H22N4O. The molecule has 0 fully saturated rings. The third kappa shape index (κ3) is 3.83. The molecule has 1 heterocycles. The molecule has 1 aromatic rings. The Bertz CT molecular complexity index is 287. The maximum Gasteiger partial charge on any atom is 0.205 e. The van der Waals surface area contributed by atoms with Gasteiger partial charge in [-0.25, -0.2) is 4.98 Å². The lowest BCUT2D eigenvalue weighted by Gasteiger charge is -2.19. The third-order valence-corrected chi connectivity index (χ3v) is 2.48. The van der Waals surface area contributed by atoms with E-state index in [2.05, 4.69) is 26.8 Å². The monoisotopic (exact) mass is 226 g/mol. The molecule has 0 aliphatic heterocycles. The first-order valence-corrected chi connectivity index (χ1v) is 5.65. The van der Waals surface area contributed by atoms with E-state index >= 15 is 0 Å². The molecule has 0 saturated carbocycles. The standard InChI is InChI=1S/C11H22N4O/c1-12-5-8-14(2)11-13-6-9-15(11)7-4-10-16-3/h6,9,12H,4-5,7-8,10H2,1-3H3. The highest BCUT2D eigenvalue weighted by molar-refractivity contribution is 5.29. The number of aryl methyl sites for hydroxylation is 1. The van der Waals surface area contributed by atoms with E-state index in [-0.39, 0.29) is 0 Å². The molecule has 1 N–H and O–H groups in total. The fourth-order valence-electron chi connectivity index (χ4n) is 1.57. The van der Waals surface area contributed by atoms with Crippen molar-refractivity contribution in [3.05, 3.63) is 12.4 Å². The molecule has 0 saturated heterocycles. The molecule has 0 aromatic carbocycles. The summed E-state index contributed by atoms with van der Waals surface area (Å²) in [6.45, 7) is 3.66. The third-order valence-electron chi connectivity index (χ3n) is 2.48. The lowest BCUT2D eigenvalue weighted by atomic mass is 10.4. The molecule has 0 radical (unpaired) electrons. The van der Waals surface area contributed by atoms with Crippen LogP contribution in [0.4, 0.5) is 5.95 Å². The summed E-state index contributed by atoms with van der Waals surface area (Å²) in [5.41, 5.74) is 0. The summed E-state index contributed by atoms with van der Waals surface area (Å²) in [6.07, 6.45) is 4.87. The van der Waals surface area contributed by atoms with Crippen molar-refractivity contribution < 1.29 is 4.74 Å². The van der Waals surface area contributed by atoms with Crippen molar-refractivity contribution in [2.24, 2.45) is 0 Å². The number of hydrogen-bond donors (Lipinski definition) is 1. The van der Waals surface area contributed by atoms with E-state index in [1.54, 1.807) is 7.11 Å². The van der Waals surface area contributed by atoms with Crippen LogP contribution in [0.2, 0.25) is 0 Å². The molecule has 0 amide bonds. The molecule has 0 atom stereocenters. The molecule has 0 aliphatic carbocycles. The van der Waals surface area contributed by atoms with Crippen LogP contribution < -0.4 is 10.2 Å². The van der Waals surface area contributed by atoms with Gasteiger partial charge in [-0.1, -0.05) is 0 Å². The van der Waals surface area contributed by atoms with Gasteiger partial charge in [-0.2, -0.15) is 0 Å². The fraction of sp³-hybridized carbons (Fsp3) is 0.727. The van der Waals surface area contributed by atoms with Crippen LogP contribution in [-0.4, -0.2) is 50.5 Å². The van der Waals surface area contributed by atoms with E-state index in [0.29, 0.717) is 0 Å². The van der Waals surface area contributed by atoms with Crippen LogP contribution in [0.1, 0.15) is 6.42 Å². The predicted molar refractivity (Wildman–Crippen MR) is 65.9 cm³/mol. The van der Waals surface area contributed by atoms with Gasteiger partial charge in [0.1, 0.15) is 0 Å². The molecule has 0 aliphatic rings. The molecule has 0 unspecified atom stereocenters. The van der Waals surface area contributed by atoms with E-state index in [4.69, 9.17) is 4.74 Å². The Morgan fingerprint density at radius 1 is 1.56 bits per heavy atom. The summed E-state index contributed by atoms with van der Waals surface area (Å²) in [5, 5.41) is 3.13. The van der Waals surface area contributed by atoms with Crippen LogP contribution in [0.15, 0.2) is 12.4 Å². The summed E-state index contributed by atoms with van der Waals surface area (Å²) in [7, 11) is 5.75. The Morgan fingerprint density at radius 2 is 2.38 bits per heavy atom. The van der Waals surface area contributed by atoms with Crippen molar-refractivity contribution in [3.63, 3.8) is 0 Å². The minimum atomic E-state index is 0.790. The van der Waals surface area contributed by atoms with Crippen LogP contribution in [0.3, 0.4) is 0 Å². The van der Waals surface area contributed by atoms with Gasteiger partial charge in [-0.15, -0.1) is 0 Å². The molecule has 0 spiro atoms. The minimum absolute atomic E-state index is 0.790. The van der Waals surface area contributed by atoms with Gasteiger partial charge in [0.25, 0.3) is 0 Å². The normalized spacial score (nSPS) is 10.7. The quantitative estimate of drug-likeness (QED) is 0.658. The Hall–Kier alpha value is -1.07. The van der Waals surface area contributed by atoms with Crippen LogP contribution >= 0.6 is 0 Å². The van der Waals surface area contributed by atoms with Gasteiger partial charge < -0.3 is 19.5 Å². The van der Waals surface area contributed by atoms with E-state index < -0.39 is 0 Å². The molecule has 5 heteroatoms. The van der Waals surface area contributed by atoms with Gasteiger partial charge in [0.15, 0.2) is 0 Å². The Kier molecular flexibility index (Phi) is 5.88. The van der Waals surface area contributed by atoms with Crippen molar-refractivity contribution in [1.82, 2.24) is 14.9 Å². The number of aromatic nitrogens is 2. The first kappa shape index (κ1) is 13.0. The molecule has 1 rings (SSSR count). The highest BCUT2D eigenvalue weighted by Gasteiger charge is 2.07. The summed E-state index contributed by atoms with van der Waals surface area (Å²) >= 11 is 0. The lowest BCUT2D eigenvalue weighted by molar-refractivity contribution is 0.190. The molecule has 92 valence electrons. The molecule has 1 aromatic heterocycles. The van der Waals surface area contributed by atoms with Crippen molar-refractivity contribution in [1.29, 1.82) is 0 Å². The van der Waals surface area contributed by atoms with Gasteiger partial charge in [0, 0.05) is 52.8 Å². The first-order valence-electron chi connectivity index (χ1n) is 5.65. The number of nitrogens with zero attached hydrogens (tertiary/aromatic N) is 3. The zero-order chi connectivity index (χ0) is 11.8. The lowest BCUT2D eigenvalue weighted by Crippen LogP contribution is -2.29. The van der Waals surface area contributed by atoms with Crippen LogP contribution in [0.5, 0.6) is 0 Å². The number of imidazole rings is 1. The Balaban J connectivity index is 2.48. The van der Waals surface area contributed by atoms with Gasteiger partial charge in [-0.3, -0.25) is 0 Å². The second-order valence-corrected chi connectivity index (χ2v) is 3.79. The van der Waals surface area contributed by atoms with E-state index in [1.807, 2.05) is 19.4 Å². The largest absolute Gasteiger partial charge is 0.385 e. The van der Waals surface area contributed by atoms with Crippen LogP contribution in [0, 0.1) is 0 Å². The number of rotatable bonds is 8. The van der Waals surface area contributed by atoms with Crippen molar-refractivity contribution in [3.8, 4) is 0 Å². The SMILES string of the molecule is CNCCN(C)c1nccn1CCCOC. The maximum atomic E-state index is 5.05. The Morgan fingerprint density at radius 3 is 3.06 bits per heavy atom. The summed E-state index contributed by atoms with van der Waals surface area (Å²) in [5.74, 6) is 1.02. The minimum Gasteiger partial charge on any atom is -0.385 e. The highest BCUT2D eigenvalue weighted by Crippen LogP contribution is 2.09. The summed E-state index contributed by atoms with van der Waals surface area (Å²) in [6, 6.07) is 0. The topological polar surface area (TPSA) is 42.3 Å². The van der Waals surface area contributed by atoms with Gasteiger partial charge in [0.2, 0.25) is 5.95 Å². The zero-order valence-corrected chi connectivity index (χ0v) is 10.4. The molecular weight excluding hydrogens is 204 g/mol.